The molecule has 5 rings (SSSR count). The first-order valence-electron chi connectivity index (χ1n) is 9.02. The zero-order valence-corrected chi connectivity index (χ0v) is 14.9. The Labute approximate surface area is 146 Å². The topological polar surface area (TPSA) is 53.9 Å². The van der Waals surface area contributed by atoms with Crippen LogP contribution in [0.4, 0.5) is 10.9 Å². The monoisotopic (exact) mass is 341 g/mol. The Kier molecular flexibility index (Phi) is 3.30. The minimum atomic E-state index is 0.261. The van der Waals surface area contributed by atoms with Crippen LogP contribution in [0, 0.1) is 6.92 Å². The van der Waals surface area contributed by atoms with E-state index in [0.29, 0.717) is 6.04 Å². The van der Waals surface area contributed by atoms with Crippen molar-refractivity contribution in [3.63, 3.8) is 0 Å². The molecule has 0 unspecified atom stereocenters. The number of hydrogen-bond donors (Lipinski definition) is 1. The number of hydrogen-bond acceptors (Lipinski definition) is 6. The molecule has 1 aliphatic heterocycles. The van der Waals surface area contributed by atoms with Crippen molar-refractivity contribution < 1.29 is 0 Å². The average molecular weight is 341 g/mol. The third-order valence-electron chi connectivity index (χ3n) is 5.80. The summed E-state index contributed by atoms with van der Waals surface area (Å²) in [6.07, 6.45) is 9.18. The van der Waals surface area contributed by atoms with Crippen molar-refractivity contribution in [1.82, 2.24) is 15.0 Å². The largest absolute Gasteiger partial charge is 0.367 e. The van der Waals surface area contributed by atoms with Crippen LogP contribution in [-0.2, 0) is 11.8 Å². The number of thiazole rings is 1. The van der Waals surface area contributed by atoms with E-state index in [9.17, 15) is 0 Å². The molecule has 5 nitrogen and oxygen atoms in total. The normalized spacial score (nSPS) is 22.0. The molecule has 0 aromatic carbocycles. The minimum Gasteiger partial charge on any atom is -0.367 e. The summed E-state index contributed by atoms with van der Waals surface area (Å²) in [7, 11) is 0. The van der Waals surface area contributed by atoms with Crippen molar-refractivity contribution in [2.24, 2.45) is 0 Å². The van der Waals surface area contributed by atoms with E-state index in [1.165, 1.54) is 43.4 Å². The first-order chi connectivity index (χ1) is 11.7. The van der Waals surface area contributed by atoms with Crippen LogP contribution in [0.15, 0.2) is 11.6 Å². The molecule has 2 fully saturated rings. The molecule has 2 aromatic rings. The van der Waals surface area contributed by atoms with Gasteiger partial charge in [-0.1, -0.05) is 0 Å². The second-order valence-electron chi connectivity index (χ2n) is 7.45. The highest BCUT2D eigenvalue weighted by Gasteiger charge is 2.44. The van der Waals surface area contributed by atoms with Crippen molar-refractivity contribution in [3.8, 4) is 0 Å². The van der Waals surface area contributed by atoms with E-state index in [2.05, 4.69) is 20.6 Å². The Balaban J connectivity index is 1.43. The van der Waals surface area contributed by atoms with Gasteiger partial charge < -0.3 is 10.2 Å². The number of aromatic nitrogens is 3. The smallest absolute Gasteiger partial charge is 0.185 e. The fourth-order valence-electron chi connectivity index (χ4n) is 4.28. The molecular weight excluding hydrogens is 318 g/mol. The zero-order chi connectivity index (χ0) is 16.1. The molecule has 2 aromatic heterocycles. The van der Waals surface area contributed by atoms with Gasteiger partial charge in [-0.25, -0.2) is 15.0 Å². The highest BCUT2D eigenvalue weighted by Crippen LogP contribution is 2.48. The van der Waals surface area contributed by atoms with Gasteiger partial charge in [0.25, 0.3) is 0 Å². The summed E-state index contributed by atoms with van der Waals surface area (Å²) in [5, 5.41) is 6.87. The summed E-state index contributed by atoms with van der Waals surface area (Å²) in [5.41, 5.74) is 3.00. The summed E-state index contributed by atoms with van der Waals surface area (Å²) in [5.74, 6) is 2.04. The van der Waals surface area contributed by atoms with Gasteiger partial charge in [0.15, 0.2) is 5.13 Å². The summed E-state index contributed by atoms with van der Waals surface area (Å²) < 4.78 is 0. The van der Waals surface area contributed by atoms with Crippen molar-refractivity contribution in [2.45, 2.75) is 56.9 Å². The molecule has 24 heavy (non-hydrogen) atoms. The van der Waals surface area contributed by atoms with Crippen LogP contribution in [0.25, 0.3) is 0 Å². The number of piperidine rings is 1. The maximum absolute atomic E-state index is 4.92. The van der Waals surface area contributed by atoms with Gasteiger partial charge in [-0.05, 0) is 45.4 Å². The molecule has 1 spiro atoms. The van der Waals surface area contributed by atoms with Crippen LogP contribution in [0.1, 0.15) is 49.2 Å². The van der Waals surface area contributed by atoms with Gasteiger partial charge in [0.2, 0.25) is 0 Å². The number of nitrogens with one attached hydrogen (secondary N) is 1. The summed E-state index contributed by atoms with van der Waals surface area (Å²) in [6.45, 7) is 4.21. The first kappa shape index (κ1) is 14.6. The van der Waals surface area contributed by atoms with Gasteiger partial charge in [0.05, 0.1) is 5.69 Å². The maximum atomic E-state index is 4.92. The van der Waals surface area contributed by atoms with E-state index in [1.54, 1.807) is 11.3 Å². The molecule has 1 N–H and O–H groups in total. The van der Waals surface area contributed by atoms with E-state index >= 15 is 0 Å². The zero-order valence-electron chi connectivity index (χ0n) is 14.1. The van der Waals surface area contributed by atoms with E-state index < -0.39 is 0 Å². The molecule has 126 valence electrons. The van der Waals surface area contributed by atoms with Crippen molar-refractivity contribution in [1.29, 1.82) is 0 Å². The molecule has 3 aliphatic rings. The Morgan fingerprint density at radius 3 is 2.75 bits per heavy atom. The number of nitrogens with zero attached hydrogens (tertiary/aromatic N) is 4. The molecule has 2 aliphatic carbocycles. The molecule has 1 saturated heterocycles. The second kappa shape index (κ2) is 5.41. The van der Waals surface area contributed by atoms with Crippen LogP contribution >= 0.6 is 11.3 Å². The lowest BCUT2D eigenvalue weighted by molar-refractivity contribution is 0.322. The van der Waals surface area contributed by atoms with Crippen molar-refractivity contribution >= 4 is 22.3 Å². The van der Waals surface area contributed by atoms with Gasteiger partial charge in [0.1, 0.15) is 11.6 Å². The predicted molar refractivity (Wildman–Crippen MR) is 97.0 cm³/mol. The number of rotatable bonds is 3. The minimum absolute atomic E-state index is 0.261. The van der Waals surface area contributed by atoms with E-state index in [1.807, 2.05) is 13.1 Å². The molecule has 3 heterocycles. The second-order valence-corrected chi connectivity index (χ2v) is 8.32. The van der Waals surface area contributed by atoms with Crippen LogP contribution in [0.3, 0.4) is 0 Å². The number of aryl methyl sites for hydroxylation is 1. The lowest BCUT2D eigenvalue weighted by atomic mass is 9.76. The highest BCUT2D eigenvalue weighted by molar-refractivity contribution is 7.13. The summed E-state index contributed by atoms with van der Waals surface area (Å²) in [4.78, 5) is 16.6. The summed E-state index contributed by atoms with van der Waals surface area (Å²) in [6, 6.07) is 0.645. The molecule has 0 radical (unpaired) electrons. The van der Waals surface area contributed by atoms with Crippen molar-refractivity contribution in [3.05, 3.63) is 28.7 Å². The van der Waals surface area contributed by atoms with E-state index in [4.69, 9.17) is 9.97 Å². The van der Waals surface area contributed by atoms with Crippen molar-refractivity contribution in [2.75, 3.05) is 23.3 Å². The van der Waals surface area contributed by atoms with Crippen LogP contribution in [0.5, 0.6) is 0 Å². The van der Waals surface area contributed by atoms with Gasteiger partial charge in [-0.2, -0.15) is 0 Å². The number of fused-ring (bicyclic) bond motifs is 2. The fraction of sp³-hybridized carbons (Fsp3) is 0.611. The maximum Gasteiger partial charge on any atom is 0.185 e. The number of anilines is 2. The Bertz CT molecular complexity index is 745. The Morgan fingerprint density at radius 1 is 1.21 bits per heavy atom. The third-order valence-corrected chi connectivity index (χ3v) is 6.64. The standard InChI is InChI=1S/C18H23N5S/c1-12-20-15-14(16(21-12)22-13-2-3-13)4-5-18(15)6-9-23(10-7-18)17-19-8-11-24-17/h8,11,13H,2-7,9-10H2,1H3,(H,20,21,22). The van der Waals surface area contributed by atoms with Gasteiger partial charge in [-0.3, -0.25) is 0 Å². The molecule has 0 bridgehead atoms. The molecule has 6 heteroatoms. The van der Waals surface area contributed by atoms with Crippen LogP contribution < -0.4 is 10.2 Å². The molecule has 1 saturated carbocycles. The highest BCUT2D eigenvalue weighted by atomic mass is 32.1. The lowest BCUT2D eigenvalue weighted by Crippen LogP contribution is -2.42. The predicted octanol–water partition coefficient (Wildman–Crippen LogP) is 3.30. The molecular formula is C18H23N5S. The Morgan fingerprint density at radius 2 is 2.04 bits per heavy atom. The van der Waals surface area contributed by atoms with Crippen LogP contribution in [-0.4, -0.2) is 34.1 Å². The Hall–Kier alpha value is -1.69. The first-order valence-corrected chi connectivity index (χ1v) is 9.90. The molecule has 0 amide bonds. The molecule has 0 atom stereocenters. The van der Waals surface area contributed by atoms with Gasteiger partial charge >= 0.3 is 0 Å². The van der Waals surface area contributed by atoms with Crippen LogP contribution in [0.2, 0.25) is 0 Å². The van der Waals surface area contributed by atoms with E-state index in [-0.39, 0.29) is 5.41 Å². The van der Waals surface area contributed by atoms with E-state index in [0.717, 1.165) is 36.3 Å². The quantitative estimate of drug-likeness (QED) is 0.928. The van der Waals surface area contributed by atoms with Gasteiger partial charge in [0, 0.05) is 41.7 Å². The fourth-order valence-corrected chi connectivity index (χ4v) is 4.98. The summed E-state index contributed by atoms with van der Waals surface area (Å²) >= 11 is 1.74. The average Bonchev–Trinajstić information content (AvgIpc) is 3.10. The third kappa shape index (κ3) is 2.39. The lowest BCUT2D eigenvalue weighted by Gasteiger charge is -2.39. The van der Waals surface area contributed by atoms with Gasteiger partial charge in [-0.15, -0.1) is 11.3 Å². The SMILES string of the molecule is Cc1nc(NC2CC2)c2c(n1)C1(CC2)CCN(c2nccs2)CC1.